The van der Waals surface area contributed by atoms with Gasteiger partial charge in [0.1, 0.15) is 5.75 Å². The maximum absolute atomic E-state index is 5.26. The van der Waals surface area contributed by atoms with Crippen molar-refractivity contribution in [3.8, 4) is 5.75 Å². The van der Waals surface area contributed by atoms with E-state index in [1.165, 1.54) is 6.20 Å². The van der Waals surface area contributed by atoms with Crippen LogP contribution in [0.25, 0.3) is 6.08 Å². The standard InChI is InChI=1S/C9H10BrNO/c1-12-9-6-7(4-5-11)2-3-8(9)10/h2-6H,11H2,1H3/b5-4-. The van der Waals surface area contributed by atoms with Crippen LogP contribution in [-0.2, 0) is 0 Å². The third-order valence-corrected chi connectivity index (χ3v) is 2.12. The number of benzene rings is 1. The zero-order valence-electron chi connectivity index (χ0n) is 6.75. The van der Waals surface area contributed by atoms with Gasteiger partial charge >= 0.3 is 0 Å². The van der Waals surface area contributed by atoms with Crippen molar-refractivity contribution in [1.82, 2.24) is 0 Å². The van der Waals surface area contributed by atoms with Gasteiger partial charge in [-0.15, -0.1) is 0 Å². The summed E-state index contributed by atoms with van der Waals surface area (Å²) >= 11 is 3.36. The molecule has 0 aromatic heterocycles. The van der Waals surface area contributed by atoms with Crippen LogP contribution in [0.1, 0.15) is 5.56 Å². The number of hydrogen-bond donors (Lipinski definition) is 1. The van der Waals surface area contributed by atoms with Crippen LogP contribution < -0.4 is 10.5 Å². The van der Waals surface area contributed by atoms with Gasteiger partial charge in [0, 0.05) is 0 Å². The molecular formula is C9H10BrNO. The summed E-state index contributed by atoms with van der Waals surface area (Å²) < 4.78 is 6.05. The lowest BCUT2D eigenvalue weighted by Gasteiger charge is -2.03. The second-order valence-electron chi connectivity index (χ2n) is 2.25. The molecule has 1 aromatic rings. The van der Waals surface area contributed by atoms with E-state index in [1.54, 1.807) is 7.11 Å². The number of hydrogen-bond acceptors (Lipinski definition) is 2. The molecule has 0 heterocycles. The third-order valence-electron chi connectivity index (χ3n) is 1.46. The topological polar surface area (TPSA) is 35.2 Å². The molecule has 0 fully saturated rings. The normalized spacial score (nSPS) is 10.5. The average molecular weight is 228 g/mol. The second kappa shape index (κ2) is 4.16. The maximum atomic E-state index is 5.26. The highest BCUT2D eigenvalue weighted by Crippen LogP contribution is 2.25. The van der Waals surface area contributed by atoms with E-state index in [2.05, 4.69) is 15.9 Å². The Kier molecular flexibility index (Phi) is 3.17. The fourth-order valence-corrected chi connectivity index (χ4v) is 1.30. The van der Waals surface area contributed by atoms with Gasteiger partial charge in [-0.2, -0.15) is 0 Å². The van der Waals surface area contributed by atoms with Gasteiger partial charge in [-0.1, -0.05) is 6.07 Å². The Morgan fingerprint density at radius 1 is 1.50 bits per heavy atom. The first-order valence-corrected chi connectivity index (χ1v) is 4.29. The fourth-order valence-electron chi connectivity index (χ4n) is 0.891. The Morgan fingerprint density at radius 3 is 2.83 bits per heavy atom. The minimum atomic E-state index is 0.811. The van der Waals surface area contributed by atoms with Crippen molar-refractivity contribution in [1.29, 1.82) is 0 Å². The van der Waals surface area contributed by atoms with Crippen LogP contribution in [0.4, 0.5) is 0 Å². The number of ether oxygens (including phenoxy) is 1. The lowest BCUT2D eigenvalue weighted by Crippen LogP contribution is -1.85. The van der Waals surface area contributed by atoms with Gasteiger partial charge in [0.25, 0.3) is 0 Å². The molecule has 0 saturated heterocycles. The Morgan fingerprint density at radius 2 is 2.25 bits per heavy atom. The zero-order chi connectivity index (χ0) is 8.97. The quantitative estimate of drug-likeness (QED) is 0.843. The van der Waals surface area contributed by atoms with Crippen molar-refractivity contribution in [2.24, 2.45) is 5.73 Å². The molecule has 2 N–H and O–H groups in total. The van der Waals surface area contributed by atoms with Gasteiger partial charge < -0.3 is 10.5 Å². The second-order valence-corrected chi connectivity index (χ2v) is 3.11. The molecule has 0 atom stereocenters. The molecule has 0 amide bonds. The van der Waals surface area contributed by atoms with Gasteiger partial charge in [0.2, 0.25) is 0 Å². The van der Waals surface area contributed by atoms with Crippen LogP contribution in [0, 0.1) is 0 Å². The summed E-state index contributed by atoms with van der Waals surface area (Å²) in [6.07, 6.45) is 3.32. The predicted octanol–water partition coefficient (Wildman–Crippen LogP) is 2.39. The summed E-state index contributed by atoms with van der Waals surface area (Å²) in [4.78, 5) is 0. The molecule has 0 radical (unpaired) electrons. The summed E-state index contributed by atoms with van der Waals surface area (Å²) in [6, 6.07) is 5.79. The molecule has 0 aliphatic heterocycles. The van der Waals surface area contributed by atoms with Crippen LogP contribution in [0.5, 0.6) is 5.75 Å². The van der Waals surface area contributed by atoms with Gasteiger partial charge in [-0.3, -0.25) is 0 Å². The Balaban J connectivity index is 3.05. The molecule has 0 aliphatic carbocycles. The van der Waals surface area contributed by atoms with E-state index in [0.29, 0.717) is 0 Å². The summed E-state index contributed by atoms with van der Waals surface area (Å²) in [5.41, 5.74) is 6.28. The maximum Gasteiger partial charge on any atom is 0.133 e. The molecule has 64 valence electrons. The summed E-state index contributed by atoms with van der Waals surface area (Å²) in [6.45, 7) is 0. The lowest BCUT2D eigenvalue weighted by atomic mass is 10.2. The van der Waals surface area contributed by atoms with Crippen LogP contribution in [0.15, 0.2) is 28.9 Å². The van der Waals surface area contributed by atoms with Gasteiger partial charge in [-0.25, -0.2) is 0 Å². The Labute approximate surface area is 80.2 Å². The summed E-state index contributed by atoms with van der Waals surface area (Å²) in [5.74, 6) is 0.811. The average Bonchev–Trinajstić information content (AvgIpc) is 2.09. The highest BCUT2D eigenvalue weighted by molar-refractivity contribution is 9.10. The predicted molar refractivity (Wildman–Crippen MR) is 53.9 cm³/mol. The van der Waals surface area contributed by atoms with E-state index in [-0.39, 0.29) is 0 Å². The van der Waals surface area contributed by atoms with E-state index < -0.39 is 0 Å². The van der Waals surface area contributed by atoms with E-state index in [0.717, 1.165) is 15.8 Å². The van der Waals surface area contributed by atoms with Crippen LogP contribution in [-0.4, -0.2) is 7.11 Å². The minimum Gasteiger partial charge on any atom is -0.496 e. The van der Waals surface area contributed by atoms with Crippen molar-refractivity contribution >= 4 is 22.0 Å². The Bertz CT molecular complexity index is 297. The first kappa shape index (κ1) is 9.13. The van der Waals surface area contributed by atoms with Crippen LogP contribution in [0.2, 0.25) is 0 Å². The number of methoxy groups -OCH3 is 1. The van der Waals surface area contributed by atoms with Crippen LogP contribution in [0.3, 0.4) is 0 Å². The smallest absolute Gasteiger partial charge is 0.133 e. The van der Waals surface area contributed by atoms with E-state index in [4.69, 9.17) is 10.5 Å². The molecular weight excluding hydrogens is 218 g/mol. The molecule has 0 spiro atoms. The molecule has 12 heavy (non-hydrogen) atoms. The number of halogens is 1. The highest BCUT2D eigenvalue weighted by Gasteiger charge is 1.98. The summed E-state index contributed by atoms with van der Waals surface area (Å²) in [5, 5.41) is 0. The molecule has 0 saturated carbocycles. The molecule has 1 rings (SSSR count). The minimum absolute atomic E-state index is 0.811. The van der Waals surface area contributed by atoms with E-state index >= 15 is 0 Å². The first-order valence-electron chi connectivity index (χ1n) is 3.49. The van der Waals surface area contributed by atoms with Gasteiger partial charge in [0.05, 0.1) is 11.6 Å². The van der Waals surface area contributed by atoms with Gasteiger partial charge in [-0.05, 0) is 45.9 Å². The molecule has 0 aliphatic rings. The SMILES string of the molecule is COc1cc(/C=C\N)ccc1Br. The largest absolute Gasteiger partial charge is 0.496 e. The van der Waals surface area contributed by atoms with Crippen molar-refractivity contribution in [3.63, 3.8) is 0 Å². The highest BCUT2D eigenvalue weighted by atomic mass is 79.9. The van der Waals surface area contributed by atoms with E-state index in [1.807, 2.05) is 24.3 Å². The molecule has 0 bridgehead atoms. The molecule has 1 aromatic carbocycles. The fraction of sp³-hybridized carbons (Fsp3) is 0.111. The van der Waals surface area contributed by atoms with Crippen molar-refractivity contribution in [2.45, 2.75) is 0 Å². The zero-order valence-corrected chi connectivity index (χ0v) is 8.34. The van der Waals surface area contributed by atoms with Crippen LogP contribution >= 0.6 is 15.9 Å². The van der Waals surface area contributed by atoms with Gasteiger partial charge in [0.15, 0.2) is 0 Å². The molecule has 3 heteroatoms. The van der Waals surface area contributed by atoms with Crippen molar-refractivity contribution < 1.29 is 4.74 Å². The molecule has 2 nitrogen and oxygen atoms in total. The molecule has 0 unspecified atom stereocenters. The lowest BCUT2D eigenvalue weighted by molar-refractivity contribution is 0.412. The van der Waals surface area contributed by atoms with Crippen molar-refractivity contribution in [2.75, 3.05) is 7.11 Å². The van der Waals surface area contributed by atoms with Crippen molar-refractivity contribution in [3.05, 3.63) is 34.4 Å². The number of rotatable bonds is 2. The monoisotopic (exact) mass is 227 g/mol. The third kappa shape index (κ3) is 2.01. The summed E-state index contributed by atoms with van der Waals surface area (Å²) in [7, 11) is 1.63. The van der Waals surface area contributed by atoms with E-state index in [9.17, 15) is 0 Å². The Hall–Kier alpha value is -0.960. The first-order chi connectivity index (χ1) is 5.77. The number of nitrogens with two attached hydrogens (primary N) is 1.